The fourth-order valence-electron chi connectivity index (χ4n) is 4.15. The van der Waals surface area contributed by atoms with E-state index >= 15 is 0 Å². The molecule has 9 nitrogen and oxygen atoms in total. The summed E-state index contributed by atoms with van der Waals surface area (Å²) in [5.74, 6) is -2.38. The van der Waals surface area contributed by atoms with Crippen LogP contribution in [0.2, 0.25) is 5.02 Å². The summed E-state index contributed by atoms with van der Waals surface area (Å²) in [7, 11) is 2.79. The Balaban J connectivity index is 1.88. The summed E-state index contributed by atoms with van der Waals surface area (Å²) in [5, 5.41) is 11.7. The summed E-state index contributed by atoms with van der Waals surface area (Å²) in [5.41, 5.74) is 0.866. The molecule has 4 rings (SSSR count). The van der Waals surface area contributed by atoms with Crippen LogP contribution in [0, 0.1) is 0 Å². The normalized spacial score (nSPS) is 16.6. The lowest BCUT2D eigenvalue weighted by atomic mass is 9.97. The number of ether oxygens (including phenoxy) is 3. The number of carbonyl (C=O) groups excluding carboxylic acids is 3. The van der Waals surface area contributed by atoms with E-state index in [4.69, 9.17) is 25.8 Å². The van der Waals surface area contributed by atoms with E-state index in [-0.39, 0.29) is 39.3 Å². The standard InChI is InChI=1S/C28H25ClN2O7/c1-15(2)38-28(35)16-8-10-17(11-9-16)31-24(20-7-5-6-12-30-20)23(26(33)27(31)34)25(32)18-13-22(37-4)19(29)14-21(18)36-3/h5-15,24,32H,1-4H3/b25-23+. The highest BCUT2D eigenvalue weighted by molar-refractivity contribution is 6.51. The monoisotopic (exact) mass is 536 g/mol. The van der Waals surface area contributed by atoms with Crippen molar-refractivity contribution in [1.82, 2.24) is 4.98 Å². The van der Waals surface area contributed by atoms with Gasteiger partial charge in [-0.15, -0.1) is 0 Å². The number of amides is 1. The van der Waals surface area contributed by atoms with Crippen LogP contribution in [0.1, 0.15) is 41.5 Å². The van der Waals surface area contributed by atoms with E-state index in [1.165, 1.54) is 61.7 Å². The second-order valence-electron chi connectivity index (χ2n) is 8.61. The summed E-state index contributed by atoms with van der Waals surface area (Å²) in [6.45, 7) is 3.48. The molecule has 1 aromatic heterocycles. The summed E-state index contributed by atoms with van der Waals surface area (Å²) in [6, 6.07) is 12.9. The van der Waals surface area contributed by atoms with Gasteiger partial charge in [0.2, 0.25) is 0 Å². The van der Waals surface area contributed by atoms with E-state index in [0.717, 1.165) is 0 Å². The first kappa shape index (κ1) is 26.7. The number of aromatic nitrogens is 1. The van der Waals surface area contributed by atoms with Gasteiger partial charge in [0, 0.05) is 18.0 Å². The van der Waals surface area contributed by atoms with Gasteiger partial charge in [0.05, 0.1) is 47.7 Å². The van der Waals surface area contributed by atoms with Gasteiger partial charge in [-0.3, -0.25) is 19.5 Å². The Morgan fingerprint density at radius 2 is 1.71 bits per heavy atom. The molecule has 1 atom stereocenters. The van der Waals surface area contributed by atoms with Gasteiger partial charge in [-0.25, -0.2) is 4.79 Å². The van der Waals surface area contributed by atoms with Crippen molar-refractivity contribution >= 4 is 40.7 Å². The van der Waals surface area contributed by atoms with E-state index in [2.05, 4.69) is 4.98 Å². The van der Waals surface area contributed by atoms with Crippen molar-refractivity contribution in [2.24, 2.45) is 0 Å². The minimum absolute atomic E-state index is 0.111. The predicted molar refractivity (Wildman–Crippen MR) is 141 cm³/mol. The number of aliphatic hydroxyl groups excluding tert-OH is 1. The van der Waals surface area contributed by atoms with Crippen molar-refractivity contribution in [1.29, 1.82) is 0 Å². The third-order valence-electron chi connectivity index (χ3n) is 5.87. The maximum atomic E-state index is 13.4. The molecule has 2 heterocycles. The molecule has 0 aliphatic carbocycles. The lowest BCUT2D eigenvalue weighted by Gasteiger charge is -2.25. The highest BCUT2D eigenvalue weighted by Gasteiger charge is 2.48. The molecule has 196 valence electrons. The molecule has 3 aromatic rings. The van der Waals surface area contributed by atoms with E-state index in [0.29, 0.717) is 11.4 Å². The Morgan fingerprint density at radius 1 is 1.03 bits per heavy atom. The molecular formula is C28H25ClN2O7. The summed E-state index contributed by atoms with van der Waals surface area (Å²) < 4.78 is 15.9. The Morgan fingerprint density at radius 3 is 2.29 bits per heavy atom. The largest absolute Gasteiger partial charge is 0.507 e. The average Bonchev–Trinajstić information content (AvgIpc) is 3.18. The van der Waals surface area contributed by atoms with Crippen LogP contribution in [0.15, 0.2) is 66.4 Å². The highest BCUT2D eigenvalue weighted by atomic mass is 35.5. The molecule has 1 saturated heterocycles. The van der Waals surface area contributed by atoms with Crippen molar-refractivity contribution < 1.29 is 33.7 Å². The average molecular weight is 537 g/mol. The second kappa shape index (κ2) is 10.9. The first-order valence-corrected chi connectivity index (χ1v) is 12.0. The minimum Gasteiger partial charge on any atom is -0.507 e. The third kappa shape index (κ3) is 4.92. The number of halogens is 1. The molecular weight excluding hydrogens is 512 g/mol. The molecule has 1 fully saturated rings. The van der Waals surface area contributed by atoms with Crippen LogP contribution < -0.4 is 14.4 Å². The van der Waals surface area contributed by atoms with E-state index in [9.17, 15) is 19.5 Å². The Hall–Kier alpha value is -4.37. The van der Waals surface area contributed by atoms with Gasteiger partial charge < -0.3 is 19.3 Å². The van der Waals surface area contributed by atoms with Crippen molar-refractivity contribution in [2.45, 2.75) is 26.0 Å². The maximum absolute atomic E-state index is 13.4. The van der Waals surface area contributed by atoms with Crippen molar-refractivity contribution in [3.05, 3.63) is 88.2 Å². The Labute approximate surface area is 224 Å². The van der Waals surface area contributed by atoms with Crippen LogP contribution in [0.25, 0.3) is 5.76 Å². The fourth-order valence-corrected chi connectivity index (χ4v) is 4.38. The predicted octanol–water partition coefficient (Wildman–Crippen LogP) is 4.94. The minimum atomic E-state index is -1.07. The van der Waals surface area contributed by atoms with Crippen molar-refractivity contribution in [3.8, 4) is 11.5 Å². The number of esters is 1. The summed E-state index contributed by atoms with van der Waals surface area (Å²) >= 11 is 6.21. The molecule has 0 bridgehead atoms. The van der Waals surface area contributed by atoms with Gasteiger partial charge in [-0.2, -0.15) is 0 Å². The number of methoxy groups -OCH3 is 2. The second-order valence-corrected chi connectivity index (χ2v) is 9.02. The van der Waals surface area contributed by atoms with E-state index in [1.807, 2.05) is 0 Å². The number of ketones is 1. The highest BCUT2D eigenvalue weighted by Crippen LogP contribution is 2.44. The zero-order valence-corrected chi connectivity index (χ0v) is 21.9. The lowest BCUT2D eigenvalue weighted by molar-refractivity contribution is -0.132. The van der Waals surface area contributed by atoms with Gasteiger partial charge in [0.15, 0.2) is 0 Å². The van der Waals surface area contributed by atoms with Gasteiger partial charge in [0.25, 0.3) is 11.7 Å². The van der Waals surface area contributed by atoms with Gasteiger partial charge in [-0.05, 0) is 56.3 Å². The van der Waals surface area contributed by atoms with E-state index in [1.54, 1.807) is 32.0 Å². The molecule has 10 heteroatoms. The van der Waals surface area contributed by atoms with Crippen molar-refractivity contribution in [3.63, 3.8) is 0 Å². The summed E-state index contributed by atoms with van der Waals surface area (Å²) in [4.78, 5) is 44.6. The lowest BCUT2D eigenvalue weighted by Crippen LogP contribution is -2.29. The van der Waals surface area contributed by atoms with Crippen LogP contribution >= 0.6 is 11.6 Å². The zero-order valence-electron chi connectivity index (χ0n) is 21.1. The summed E-state index contributed by atoms with van der Waals surface area (Å²) in [6.07, 6.45) is 1.22. The first-order valence-electron chi connectivity index (χ1n) is 11.6. The topological polar surface area (TPSA) is 115 Å². The van der Waals surface area contributed by atoms with E-state index < -0.39 is 29.5 Å². The van der Waals surface area contributed by atoms with Crippen molar-refractivity contribution in [2.75, 3.05) is 19.1 Å². The number of pyridine rings is 1. The molecule has 1 unspecified atom stereocenters. The molecule has 38 heavy (non-hydrogen) atoms. The molecule has 0 saturated carbocycles. The van der Waals surface area contributed by atoms with Gasteiger partial charge in [0.1, 0.15) is 23.3 Å². The Bertz CT molecular complexity index is 1420. The zero-order chi connectivity index (χ0) is 27.6. The third-order valence-corrected chi connectivity index (χ3v) is 6.16. The molecule has 1 N–H and O–H groups in total. The number of hydrogen-bond acceptors (Lipinski definition) is 8. The van der Waals surface area contributed by atoms with Crippen LogP contribution in [0.3, 0.4) is 0 Å². The molecule has 1 aliphatic heterocycles. The van der Waals surface area contributed by atoms with Crippen LogP contribution in [0.5, 0.6) is 11.5 Å². The number of rotatable bonds is 7. The Kier molecular flexibility index (Phi) is 7.68. The number of aliphatic hydroxyl groups is 1. The molecule has 1 aliphatic rings. The first-order chi connectivity index (χ1) is 18.2. The SMILES string of the molecule is COc1cc(/C(O)=C2\C(=O)C(=O)N(c3ccc(C(=O)OC(C)C)cc3)C2c2ccccn2)c(OC)cc1Cl. The maximum Gasteiger partial charge on any atom is 0.338 e. The van der Waals surface area contributed by atoms with Gasteiger partial charge in [-0.1, -0.05) is 17.7 Å². The quantitative estimate of drug-likeness (QED) is 0.195. The van der Waals surface area contributed by atoms with Gasteiger partial charge >= 0.3 is 5.97 Å². The number of hydrogen-bond donors (Lipinski definition) is 1. The number of anilines is 1. The van der Waals surface area contributed by atoms with Crippen LogP contribution in [-0.4, -0.2) is 48.1 Å². The molecule has 2 aromatic carbocycles. The smallest absolute Gasteiger partial charge is 0.338 e. The number of nitrogens with zero attached hydrogens (tertiary/aromatic N) is 2. The van der Waals surface area contributed by atoms with Crippen LogP contribution in [-0.2, 0) is 14.3 Å². The fraction of sp³-hybridized carbons (Fsp3) is 0.214. The molecule has 0 radical (unpaired) electrons. The number of Topliss-reactive ketones (excluding diaryl/α,β-unsaturated/α-hetero) is 1. The molecule has 1 amide bonds. The number of carbonyl (C=O) groups is 3. The number of benzene rings is 2. The molecule has 0 spiro atoms. The van der Waals surface area contributed by atoms with Crippen LogP contribution in [0.4, 0.5) is 5.69 Å².